The summed E-state index contributed by atoms with van der Waals surface area (Å²) in [6, 6.07) is 10.7. The van der Waals surface area contributed by atoms with Crippen molar-refractivity contribution in [3.63, 3.8) is 0 Å². The van der Waals surface area contributed by atoms with Crippen molar-refractivity contribution in [2.45, 2.75) is 20.8 Å². The fourth-order valence-corrected chi connectivity index (χ4v) is 1.84. The number of carbonyl (C=O) groups excluding carboxylic acids is 1. The normalized spacial score (nSPS) is 9.22. The van der Waals surface area contributed by atoms with E-state index in [4.69, 9.17) is 10.5 Å². The van der Waals surface area contributed by atoms with E-state index in [-0.39, 0.29) is 16.9 Å². The monoisotopic (exact) mass is 315 g/mol. The number of carbonyl (C=O) groups is 1. The smallest absolute Gasteiger partial charge is 0.276 e. The number of nitrogens with zero attached hydrogens (tertiary/aromatic N) is 1. The maximum Gasteiger partial charge on any atom is 0.276 e. The summed E-state index contributed by atoms with van der Waals surface area (Å²) in [4.78, 5) is 11.6. The van der Waals surface area contributed by atoms with Crippen LogP contribution in [0.1, 0.15) is 35.3 Å². The van der Waals surface area contributed by atoms with Crippen molar-refractivity contribution in [2.75, 3.05) is 5.32 Å². The quantitative estimate of drug-likeness (QED) is 0.592. The maximum absolute atomic E-state index is 13.9. The molecule has 2 rings (SSSR count). The lowest BCUT2D eigenvalue weighted by atomic mass is 10.1. The summed E-state index contributed by atoms with van der Waals surface area (Å²) in [5.41, 5.74) is 3.07. The van der Waals surface area contributed by atoms with Crippen LogP contribution in [0.25, 0.3) is 0 Å². The summed E-state index contributed by atoms with van der Waals surface area (Å²) >= 11 is 0. The fourth-order valence-electron chi connectivity index (χ4n) is 1.84. The number of nitriles is 1. The van der Waals surface area contributed by atoms with Crippen molar-refractivity contribution in [1.29, 1.82) is 5.26 Å². The molecule has 5 nitrogen and oxygen atoms in total. The number of hydrogen-bond acceptors (Lipinski definition) is 4. The molecular formula is C17H18FN3O2. The minimum absolute atomic E-state index is 0.0940. The maximum atomic E-state index is 13.9. The lowest BCUT2D eigenvalue weighted by molar-refractivity contribution is 0.0707. The highest BCUT2D eigenvalue weighted by atomic mass is 19.1. The molecule has 6 heteroatoms. The highest BCUT2D eigenvalue weighted by Crippen LogP contribution is 2.25. The first-order valence-corrected chi connectivity index (χ1v) is 7.07. The van der Waals surface area contributed by atoms with Crippen LogP contribution >= 0.6 is 0 Å². The predicted molar refractivity (Wildman–Crippen MR) is 86.2 cm³/mol. The van der Waals surface area contributed by atoms with Crippen LogP contribution in [0.4, 0.5) is 15.8 Å². The highest BCUT2D eigenvalue weighted by Gasteiger charge is 2.13. The largest absolute Gasteiger partial charge is 0.352 e. The summed E-state index contributed by atoms with van der Waals surface area (Å²) in [5.74, 6) is -1.23. The molecule has 0 aliphatic heterocycles. The van der Waals surface area contributed by atoms with Gasteiger partial charge in [0.1, 0.15) is 5.82 Å². The molecular weight excluding hydrogens is 297 g/mol. The van der Waals surface area contributed by atoms with Gasteiger partial charge in [-0.1, -0.05) is 19.9 Å². The molecule has 1 amide bonds. The second-order valence-corrected chi connectivity index (χ2v) is 4.42. The van der Waals surface area contributed by atoms with Gasteiger partial charge >= 0.3 is 0 Å². The second-order valence-electron chi connectivity index (χ2n) is 4.42. The van der Waals surface area contributed by atoms with Crippen molar-refractivity contribution in [2.24, 2.45) is 0 Å². The molecule has 2 aromatic rings. The molecule has 0 heterocycles. The van der Waals surface area contributed by atoms with Gasteiger partial charge in [0.2, 0.25) is 0 Å². The average Bonchev–Trinajstić information content (AvgIpc) is 2.58. The van der Waals surface area contributed by atoms with E-state index in [1.165, 1.54) is 35.8 Å². The van der Waals surface area contributed by atoms with Crippen LogP contribution < -0.4 is 10.8 Å². The van der Waals surface area contributed by atoms with Crippen LogP contribution in [0.15, 0.2) is 36.4 Å². The van der Waals surface area contributed by atoms with Gasteiger partial charge in [-0.2, -0.15) is 5.26 Å². The van der Waals surface area contributed by atoms with Crippen LogP contribution in [0.3, 0.4) is 0 Å². The predicted octanol–water partition coefficient (Wildman–Crippen LogP) is 3.89. The van der Waals surface area contributed by atoms with Gasteiger partial charge in [0.05, 0.1) is 28.6 Å². The van der Waals surface area contributed by atoms with E-state index in [1.54, 1.807) is 13.0 Å². The molecule has 0 spiro atoms. The van der Waals surface area contributed by atoms with Gasteiger partial charge in [-0.05, 0) is 42.8 Å². The van der Waals surface area contributed by atoms with Crippen LogP contribution in [-0.2, 0) is 0 Å². The number of nitrogens with one attached hydrogen (secondary N) is 2. The minimum atomic E-state index is -0.755. The Morgan fingerprint density at radius 2 is 1.87 bits per heavy atom. The Labute approximate surface area is 134 Å². The summed E-state index contributed by atoms with van der Waals surface area (Å²) in [7, 11) is 0. The number of rotatable bonds is 3. The van der Waals surface area contributed by atoms with Crippen molar-refractivity contribution >= 4 is 17.3 Å². The van der Waals surface area contributed by atoms with Crippen molar-refractivity contribution in [1.82, 2.24) is 5.48 Å². The molecule has 3 N–H and O–H groups in total. The summed E-state index contributed by atoms with van der Waals surface area (Å²) in [6.07, 6.45) is 0. The van der Waals surface area contributed by atoms with Crippen LogP contribution in [0, 0.1) is 24.1 Å². The van der Waals surface area contributed by atoms with E-state index in [1.807, 2.05) is 19.9 Å². The van der Waals surface area contributed by atoms with Gasteiger partial charge in [0.15, 0.2) is 0 Å². The van der Waals surface area contributed by atoms with Gasteiger partial charge in [-0.25, -0.2) is 9.87 Å². The molecule has 0 radical (unpaired) electrons. The number of hydroxylamine groups is 1. The molecule has 0 aliphatic rings. The Bertz CT molecular complexity index is 739. The Balaban J connectivity index is 0.00000127. The van der Waals surface area contributed by atoms with Crippen LogP contribution in [-0.4, -0.2) is 11.1 Å². The zero-order chi connectivity index (χ0) is 17.4. The lowest BCUT2D eigenvalue weighted by Gasteiger charge is -2.12. The van der Waals surface area contributed by atoms with Crippen molar-refractivity contribution < 1.29 is 14.4 Å². The third-order valence-corrected chi connectivity index (χ3v) is 2.89. The first kappa shape index (κ1) is 18.1. The highest BCUT2D eigenvalue weighted by molar-refractivity contribution is 5.99. The molecule has 0 saturated heterocycles. The van der Waals surface area contributed by atoms with Crippen LogP contribution in [0.2, 0.25) is 0 Å². The Hall–Kier alpha value is -2.91. The lowest BCUT2D eigenvalue weighted by Crippen LogP contribution is -2.20. The Kier molecular flexibility index (Phi) is 6.71. The van der Waals surface area contributed by atoms with Gasteiger partial charge in [0.25, 0.3) is 5.91 Å². The average molecular weight is 315 g/mol. The van der Waals surface area contributed by atoms with E-state index in [0.717, 1.165) is 5.56 Å². The van der Waals surface area contributed by atoms with E-state index < -0.39 is 11.7 Å². The summed E-state index contributed by atoms with van der Waals surface area (Å²) in [6.45, 7) is 5.76. The Morgan fingerprint density at radius 3 is 2.43 bits per heavy atom. The number of benzene rings is 2. The minimum Gasteiger partial charge on any atom is -0.352 e. The molecule has 2 aromatic carbocycles. The molecule has 0 fully saturated rings. The van der Waals surface area contributed by atoms with Gasteiger partial charge < -0.3 is 5.32 Å². The van der Waals surface area contributed by atoms with E-state index >= 15 is 0 Å². The molecule has 120 valence electrons. The second kappa shape index (κ2) is 8.51. The number of hydrogen-bond donors (Lipinski definition) is 3. The van der Waals surface area contributed by atoms with E-state index in [0.29, 0.717) is 5.56 Å². The molecule has 0 atom stereocenters. The number of anilines is 2. The molecule has 0 saturated carbocycles. The zero-order valence-corrected chi connectivity index (χ0v) is 13.1. The number of amides is 1. The van der Waals surface area contributed by atoms with Gasteiger partial charge in [-0.15, -0.1) is 0 Å². The Morgan fingerprint density at radius 1 is 1.17 bits per heavy atom. The summed E-state index contributed by atoms with van der Waals surface area (Å²) in [5, 5.41) is 20.4. The van der Waals surface area contributed by atoms with E-state index in [9.17, 15) is 9.18 Å². The fraction of sp³-hybridized carbons (Fsp3) is 0.176. The van der Waals surface area contributed by atoms with Gasteiger partial charge in [-0.3, -0.25) is 10.0 Å². The third-order valence-electron chi connectivity index (χ3n) is 2.89. The van der Waals surface area contributed by atoms with Crippen LogP contribution in [0.5, 0.6) is 0 Å². The number of halogens is 1. The zero-order valence-electron chi connectivity index (χ0n) is 13.1. The molecule has 0 bridgehead atoms. The van der Waals surface area contributed by atoms with E-state index in [2.05, 4.69) is 5.32 Å². The first-order chi connectivity index (χ1) is 11.0. The molecule has 0 aliphatic carbocycles. The summed E-state index contributed by atoms with van der Waals surface area (Å²) < 4.78 is 13.9. The molecule has 0 aromatic heterocycles. The third kappa shape index (κ3) is 4.53. The number of aryl methyl sites for hydroxylation is 1. The topological polar surface area (TPSA) is 85.2 Å². The van der Waals surface area contributed by atoms with Gasteiger partial charge in [0, 0.05) is 0 Å². The molecule has 0 unspecified atom stereocenters. The molecule has 23 heavy (non-hydrogen) atoms. The standard InChI is InChI=1S/C15H12FN3O2.C2H6/c1-9-2-5-13(12(16)6-9)18-14-7-10(8-17)3-4-11(14)15(20)19-21;1-2/h2-7,18,21H,1H3,(H,19,20);1-2H3. The first-order valence-electron chi connectivity index (χ1n) is 7.07. The van der Waals surface area contributed by atoms with Crippen molar-refractivity contribution in [3.8, 4) is 6.07 Å². The van der Waals surface area contributed by atoms with Crippen molar-refractivity contribution in [3.05, 3.63) is 58.9 Å². The SMILES string of the molecule is CC.Cc1ccc(Nc2cc(C#N)ccc2C(=O)NO)c(F)c1.